The number of ether oxygens (including phenoxy) is 2. The highest BCUT2D eigenvalue weighted by Gasteiger charge is 2.15. The molecule has 2 aromatic heterocycles. The van der Waals surface area contributed by atoms with Gasteiger partial charge in [-0.1, -0.05) is 0 Å². The molecule has 0 unspecified atom stereocenters. The molecular weight excluding hydrogens is 350 g/mol. The second-order valence-corrected chi connectivity index (χ2v) is 6.26. The largest absolute Gasteiger partial charge is 0.497 e. The number of hydrogen-bond acceptors (Lipinski definition) is 6. The zero-order valence-electron chi connectivity index (χ0n) is 15.2. The van der Waals surface area contributed by atoms with Crippen LogP contribution in [0.15, 0.2) is 56.5 Å². The predicted octanol–water partition coefficient (Wildman–Crippen LogP) is 4.02. The Bertz CT molecular complexity index is 968. The molecule has 0 spiro atoms. The minimum Gasteiger partial charge on any atom is -0.497 e. The third-order valence-electron chi connectivity index (χ3n) is 3.79. The molecule has 0 amide bonds. The van der Waals surface area contributed by atoms with Crippen molar-refractivity contribution in [1.29, 1.82) is 0 Å². The molecule has 0 bridgehead atoms. The molecular formula is C19H21N3O3S. The lowest BCUT2D eigenvalue weighted by Gasteiger charge is -2.11. The van der Waals surface area contributed by atoms with E-state index in [0.717, 1.165) is 39.0 Å². The van der Waals surface area contributed by atoms with E-state index in [-0.39, 0.29) is 0 Å². The van der Waals surface area contributed by atoms with Crippen LogP contribution in [-0.4, -0.2) is 31.2 Å². The molecule has 3 rings (SSSR count). The Morgan fingerprint density at radius 3 is 2.73 bits per heavy atom. The number of nitrogens with zero attached hydrogens (tertiary/aromatic N) is 3. The number of aromatic nitrogens is 1. The SMILES string of the molecule is CCN=c1scc(-c2cc(OC)ccc2OC)n1/N=C(\C)c1ccco1. The van der Waals surface area contributed by atoms with Gasteiger partial charge in [0.25, 0.3) is 0 Å². The summed E-state index contributed by atoms with van der Waals surface area (Å²) in [5, 5.41) is 6.77. The maximum atomic E-state index is 5.54. The molecule has 0 aliphatic carbocycles. The van der Waals surface area contributed by atoms with Crippen molar-refractivity contribution in [2.75, 3.05) is 20.8 Å². The maximum Gasteiger partial charge on any atom is 0.206 e. The first kappa shape index (κ1) is 18.0. The minimum absolute atomic E-state index is 0.671. The Labute approximate surface area is 156 Å². The first-order valence-electron chi connectivity index (χ1n) is 8.20. The van der Waals surface area contributed by atoms with E-state index in [1.165, 1.54) is 11.3 Å². The van der Waals surface area contributed by atoms with Crippen LogP contribution in [0.1, 0.15) is 19.6 Å². The molecule has 1 aromatic carbocycles. The van der Waals surface area contributed by atoms with Crippen LogP contribution < -0.4 is 14.3 Å². The quantitative estimate of drug-likeness (QED) is 0.615. The summed E-state index contributed by atoms with van der Waals surface area (Å²) in [6.07, 6.45) is 1.63. The predicted molar refractivity (Wildman–Crippen MR) is 103 cm³/mol. The fourth-order valence-corrected chi connectivity index (χ4v) is 3.41. The van der Waals surface area contributed by atoms with Gasteiger partial charge in [0.15, 0.2) is 0 Å². The minimum atomic E-state index is 0.671. The van der Waals surface area contributed by atoms with Crippen LogP contribution >= 0.6 is 11.3 Å². The molecule has 0 N–H and O–H groups in total. The zero-order chi connectivity index (χ0) is 18.5. The first-order chi connectivity index (χ1) is 12.7. The normalized spacial score (nSPS) is 12.5. The molecule has 0 saturated carbocycles. The van der Waals surface area contributed by atoms with Crippen molar-refractivity contribution in [2.45, 2.75) is 13.8 Å². The van der Waals surface area contributed by atoms with E-state index >= 15 is 0 Å². The van der Waals surface area contributed by atoms with Gasteiger partial charge in [-0.25, -0.2) is 4.68 Å². The Balaban J connectivity index is 2.21. The van der Waals surface area contributed by atoms with Crippen molar-refractivity contribution < 1.29 is 13.9 Å². The third-order valence-corrected chi connectivity index (χ3v) is 4.64. The average Bonchev–Trinajstić information content (AvgIpc) is 3.32. The van der Waals surface area contributed by atoms with Crippen molar-refractivity contribution >= 4 is 17.0 Å². The Hall–Kier alpha value is -2.80. The van der Waals surface area contributed by atoms with E-state index in [0.29, 0.717) is 6.54 Å². The van der Waals surface area contributed by atoms with Crippen molar-refractivity contribution in [1.82, 2.24) is 4.68 Å². The fourth-order valence-electron chi connectivity index (χ4n) is 2.52. The number of rotatable bonds is 6. The van der Waals surface area contributed by atoms with Gasteiger partial charge >= 0.3 is 0 Å². The summed E-state index contributed by atoms with van der Waals surface area (Å²) >= 11 is 1.53. The van der Waals surface area contributed by atoms with E-state index in [1.54, 1.807) is 20.5 Å². The lowest BCUT2D eigenvalue weighted by molar-refractivity contribution is 0.404. The molecule has 0 saturated heterocycles. The Morgan fingerprint density at radius 1 is 1.23 bits per heavy atom. The van der Waals surface area contributed by atoms with Crippen LogP contribution in [0.4, 0.5) is 0 Å². The van der Waals surface area contributed by atoms with Crippen LogP contribution in [-0.2, 0) is 0 Å². The monoisotopic (exact) mass is 371 g/mol. The highest BCUT2D eigenvalue weighted by Crippen LogP contribution is 2.33. The van der Waals surface area contributed by atoms with Gasteiger partial charge in [-0.2, -0.15) is 5.10 Å². The lowest BCUT2D eigenvalue weighted by Crippen LogP contribution is -2.14. The summed E-state index contributed by atoms with van der Waals surface area (Å²) in [6.45, 7) is 4.58. The van der Waals surface area contributed by atoms with Crippen molar-refractivity contribution in [3.8, 4) is 22.8 Å². The first-order valence-corrected chi connectivity index (χ1v) is 9.08. The number of furan rings is 1. The van der Waals surface area contributed by atoms with E-state index in [4.69, 9.17) is 19.0 Å². The van der Waals surface area contributed by atoms with E-state index < -0.39 is 0 Å². The van der Waals surface area contributed by atoms with Gasteiger partial charge in [-0.05, 0) is 44.2 Å². The molecule has 0 aliphatic rings. The summed E-state index contributed by atoms with van der Waals surface area (Å²) in [5.41, 5.74) is 2.52. The molecule has 136 valence electrons. The molecule has 2 heterocycles. The second-order valence-electron chi connectivity index (χ2n) is 5.42. The van der Waals surface area contributed by atoms with Gasteiger partial charge in [0, 0.05) is 17.5 Å². The van der Waals surface area contributed by atoms with E-state index in [1.807, 2.05) is 54.2 Å². The Morgan fingerprint density at radius 2 is 2.08 bits per heavy atom. The summed E-state index contributed by atoms with van der Waals surface area (Å²) in [5.74, 6) is 2.21. The van der Waals surface area contributed by atoms with Gasteiger partial charge in [-0.15, -0.1) is 11.3 Å². The zero-order valence-corrected chi connectivity index (χ0v) is 16.0. The highest BCUT2D eigenvalue weighted by molar-refractivity contribution is 7.07. The van der Waals surface area contributed by atoms with Crippen LogP contribution in [0.5, 0.6) is 11.5 Å². The van der Waals surface area contributed by atoms with Gasteiger partial charge in [0.05, 0.1) is 26.2 Å². The molecule has 0 atom stereocenters. The van der Waals surface area contributed by atoms with Gasteiger partial charge in [0.2, 0.25) is 4.80 Å². The van der Waals surface area contributed by atoms with Crippen LogP contribution in [0.25, 0.3) is 11.3 Å². The fraction of sp³-hybridized carbons (Fsp3) is 0.263. The van der Waals surface area contributed by atoms with E-state index in [9.17, 15) is 0 Å². The maximum absolute atomic E-state index is 5.54. The molecule has 6 nitrogen and oxygen atoms in total. The summed E-state index contributed by atoms with van der Waals surface area (Å²) in [6, 6.07) is 9.42. The average molecular weight is 371 g/mol. The van der Waals surface area contributed by atoms with Crippen LogP contribution in [0.3, 0.4) is 0 Å². The van der Waals surface area contributed by atoms with Crippen LogP contribution in [0, 0.1) is 0 Å². The third kappa shape index (κ3) is 3.57. The topological polar surface area (TPSA) is 61.2 Å². The molecule has 26 heavy (non-hydrogen) atoms. The van der Waals surface area contributed by atoms with E-state index in [2.05, 4.69) is 4.99 Å². The van der Waals surface area contributed by atoms with Crippen molar-refractivity contribution in [3.05, 3.63) is 52.5 Å². The lowest BCUT2D eigenvalue weighted by atomic mass is 10.1. The van der Waals surface area contributed by atoms with Crippen molar-refractivity contribution in [3.63, 3.8) is 0 Å². The number of methoxy groups -OCH3 is 2. The molecule has 7 heteroatoms. The molecule has 0 radical (unpaired) electrons. The summed E-state index contributed by atoms with van der Waals surface area (Å²) < 4.78 is 18.2. The Kier molecular flexibility index (Phi) is 5.58. The second kappa shape index (κ2) is 8.05. The standard InChI is InChI=1S/C19H21N3O3S/c1-5-20-19-22(21-13(2)17-7-6-10-25-17)16(12-26-19)15-11-14(23-3)8-9-18(15)24-4/h6-12H,5H2,1-4H3/b20-19?,21-13+. The highest BCUT2D eigenvalue weighted by atomic mass is 32.1. The smallest absolute Gasteiger partial charge is 0.206 e. The summed E-state index contributed by atoms with van der Waals surface area (Å²) in [4.78, 5) is 5.36. The summed E-state index contributed by atoms with van der Waals surface area (Å²) in [7, 11) is 3.29. The number of benzene rings is 1. The molecule has 0 fully saturated rings. The van der Waals surface area contributed by atoms with Crippen molar-refractivity contribution in [2.24, 2.45) is 10.1 Å². The number of thiazole rings is 1. The van der Waals surface area contributed by atoms with Gasteiger partial charge < -0.3 is 13.9 Å². The molecule has 0 aliphatic heterocycles. The number of hydrogen-bond donors (Lipinski definition) is 0. The van der Waals surface area contributed by atoms with Gasteiger partial charge in [-0.3, -0.25) is 4.99 Å². The molecule has 3 aromatic rings. The van der Waals surface area contributed by atoms with Crippen LogP contribution in [0.2, 0.25) is 0 Å². The van der Waals surface area contributed by atoms with Gasteiger partial charge in [0.1, 0.15) is 23.0 Å².